The molecule has 0 aliphatic carbocycles. The predicted octanol–water partition coefficient (Wildman–Crippen LogP) is 1.38. The third-order valence-corrected chi connectivity index (χ3v) is 6.00. The molecule has 0 bridgehead atoms. The minimum Gasteiger partial charge on any atom is -0.508 e. The van der Waals surface area contributed by atoms with Gasteiger partial charge in [-0.1, -0.05) is 19.9 Å². The second-order valence-electron chi connectivity index (χ2n) is 8.62. The quantitative estimate of drug-likeness (QED) is 0.651. The fourth-order valence-corrected chi connectivity index (χ4v) is 4.26. The first kappa shape index (κ1) is 21.3. The Bertz CT molecular complexity index is 892. The summed E-state index contributed by atoms with van der Waals surface area (Å²) in [4.78, 5) is 16.4. The van der Waals surface area contributed by atoms with Gasteiger partial charge in [0.05, 0.1) is 32.2 Å². The van der Waals surface area contributed by atoms with E-state index in [1.165, 1.54) is 4.90 Å². The van der Waals surface area contributed by atoms with Crippen LogP contribution in [0.2, 0.25) is 0 Å². The van der Waals surface area contributed by atoms with Gasteiger partial charge in [0, 0.05) is 5.69 Å². The Morgan fingerprint density at radius 1 is 1.06 bits per heavy atom. The highest BCUT2D eigenvalue weighted by molar-refractivity contribution is 5.77. The molecule has 4 rings (SSSR count). The Labute approximate surface area is 183 Å². The second kappa shape index (κ2) is 9.47. The Balaban J connectivity index is 1.32. The molecule has 166 valence electrons. The lowest BCUT2D eigenvalue weighted by atomic mass is 9.95. The van der Waals surface area contributed by atoms with Crippen molar-refractivity contribution >= 4 is 11.6 Å². The molecule has 0 unspecified atom stereocenters. The summed E-state index contributed by atoms with van der Waals surface area (Å²) in [6, 6.07) is 13.2. The van der Waals surface area contributed by atoms with Crippen LogP contribution in [0.25, 0.3) is 0 Å². The molecule has 7 nitrogen and oxygen atoms in total. The largest absolute Gasteiger partial charge is 0.508 e. The molecule has 0 radical (unpaired) electrons. The fraction of sp³-hybridized carbons (Fsp3) is 0.458. The number of carbonyl (C=O) groups is 1. The van der Waals surface area contributed by atoms with E-state index in [1.807, 2.05) is 30.3 Å². The van der Waals surface area contributed by atoms with Crippen LogP contribution >= 0.6 is 0 Å². The molecule has 2 aliphatic rings. The predicted molar refractivity (Wildman–Crippen MR) is 119 cm³/mol. The number of phenolic OH excluding ortho intramolecular Hbond substituents is 1. The molecule has 1 fully saturated rings. The van der Waals surface area contributed by atoms with Crippen LogP contribution < -0.4 is 24.6 Å². The van der Waals surface area contributed by atoms with Gasteiger partial charge in [0.1, 0.15) is 19.0 Å². The van der Waals surface area contributed by atoms with Crippen LogP contribution in [0.3, 0.4) is 0 Å². The molecule has 0 saturated carbocycles. The number of nitrogens with zero attached hydrogens (tertiary/aromatic N) is 1. The van der Waals surface area contributed by atoms with Crippen LogP contribution in [0, 0.1) is 5.92 Å². The molecule has 2 heterocycles. The summed E-state index contributed by atoms with van der Waals surface area (Å²) in [5.74, 6) is 2.12. The minimum absolute atomic E-state index is 0.0685. The smallest absolute Gasteiger partial charge is 0.275 e. The molecule has 1 amide bonds. The number of quaternary nitrogens is 1. The van der Waals surface area contributed by atoms with E-state index < -0.39 is 0 Å². The number of aromatic hydroxyl groups is 1. The summed E-state index contributed by atoms with van der Waals surface area (Å²) in [6.45, 7) is 9.42. The van der Waals surface area contributed by atoms with Crippen molar-refractivity contribution in [1.29, 1.82) is 0 Å². The lowest BCUT2D eigenvalue weighted by Crippen LogP contribution is -3.16. The number of fused-ring (bicyclic) bond motifs is 1. The maximum atomic E-state index is 12.8. The summed E-state index contributed by atoms with van der Waals surface area (Å²) in [5.41, 5.74) is 2.15. The highest BCUT2D eigenvalue weighted by Gasteiger charge is 2.26. The van der Waals surface area contributed by atoms with Crippen molar-refractivity contribution in [3.63, 3.8) is 0 Å². The number of piperazine rings is 1. The molecule has 2 aromatic rings. The fourth-order valence-electron chi connectivity index (χ4n) is 4.26. The van der Waals surface area contributed by atoms with Crippen molar-refractivity contribution in [2.24, 2.45) is 5.92 Å². The van der Waals surface area contributed by atoms with Crippen molar-refractivity contribution in [1.82, 2.24) is 5.32 Å². The van der Waals surface area contributed by atoms with E-state index in [0.29, 0.717) is 19.8 Å². The molecule has 1 saturated heterocycles. The highest BCUT2D eigenvalue weighted by Crippen LogP contribution is 2.34. The molecule has 7 heteroatoms. The molecule has 0 spiro atoms. The van der Waals surface area contributed by atoms with Gasteiger partial charge >= 0.3 is 0 Å². The summed E-state index contributed by atoms with van der Waals surface area (Å²) < 4.78 is 11.3. The summed E-state index contributed by atoms with van der Waals surface area (Å²) >= 11 is 0. The van der Waals surface area contributed by atoms with Gasteiger partial charge in [0.2, 0.25) is 0 Å². The van der Waals surface area contributed by atoms with Crippen LogP contribution in [-0.2, 0) is 4.79 Å². The van der Waals surface area contributed by atoms with Gasteiger partial charge in [-0.25, -0.2) is 0 Å². The Kier molecular flexibility index (Phi) is 6.51. The maximum Gasteiger partial charge on any atom is 0.275 e. The van der Waals surface area contributed by atoms with Gasteiger partial charge in [-0.3, -0.25) is 4.79 Å². The number of rotatable bonds is 6. The lowest BCUT2D eigenvalue weighted by molar-refractivity contribution is -0.892. The molecule has 31 heavy (non-hydrogen) atoms. The topological polar surface area (TPSA) is 75.5 Å². The maximum absolute atomic E-state index is 12.8. The van der Waals surface area contributed by atoms with Crippen molar-refractivity contribution in [3.05, 3.63) is 48.0 Å². The summed E-state index contributed by atoms with van der Waals surface area (Å²) in [6.07, 6.45) is 0. The molecule has 2 aromatic carbocycles. The first-order chi connectivity index (χ1) is 15.0. The first-order valence-electron chi connectivity index (χ1n) is 11.1. The van der Waals surface area contributed by atoms with Crippen LogP contribution in [0.15, 0.2) is 42.5 Å². The van der Waals surface area contributed by atoms with Crippen LogP contribution in [0.5, 0.6) is 17.2 Å². The Morgan fingerprint density at radius 3 is 2.42 bits per heavy atom. The second-order valence-corrected chi connectivity index (χ2v) is 8.62. The number of hydrogen-bond acceptors (Lipinski definition) is 5. The first-order valence-corrected chi connectivity index (χ1v) is 11.1. The van der Waals surface area contributed by atoms with E-state index in [9.17, 15) is 9.90 Å². The van der Waals surface area contributed by atoms with E-state index >= 15 is 0 Å². The van der Waals surface area contributed by atoms with Crippen LogP contribution in [0.4, 0.5) is 5.69 Å². The highest BCUT2D eigenvalue weighted by atomic mass is 16.6. The van der Waals surface area contributed by atoms with Gasteiger partial charge in [-0.2, -0.15) is 0 Å². The summed E-state index contributed by atoms with van der Waals surface area (Å²) in [7, 11) is 0. The standard InChI is InChI=1S/C24H31N3O4/c1-17(2)24(18-3-8-21-22(15-18)31-14-13-30-21)25-23(29)16-26-9-11-27(12-10-26)19-4-6-20(28)7-5-19/h3-8,15,17,24,28H,9-14,16H2,1-2H3,(H,25,29)/p+1/t24-/m0/s1. The minimum atomic E-state index is -0.0685. The van der Waals surface area contributed by atoms with E-state index in [2.05, 4.69) is 24.1 Å². The Hall–Kier alpha value is -2.93. The number of ether oxygens (including phenoxy) is 2. The SMILES string of the molecule is CC(C)[C@H](NC(=O)C[NH+]1CCN(c2ccc(O)cc2)CC1)c1ccc2c(c1)OCCO2. The number of phenols is 1. The van der Waals surface area contributed by atoms with Gasteiger partial charge < -0.3 is 29.7 Å². The van der Waals surface area contributed by atoms with Crippen molar-refractivity contribution < 1.29 is 24.3 Å². The third-order valence-electron chi connectivity index (χ3n) is 6.00. The normalized spacial score (nSPS) is 17.5. The van der Waals surface area contributed by atoms with E-state index in [4.69, 9.17) is 9.47 Å². The zero-order chi connectivity index (χ0) is 21.8. The zero-order valence-electron chi connectivity index (χ0n) is 18.3. The average molecular weight is 427 g/mol. The van der Waals surface area contributed by atoms with Gasteiger partial charge in [0.25, 0.3) is 5.91 Å². The zero-order valence-corrected chi connectivity index (χ0v) is 18.3. The number of amides is 1. The Morgan fingerprint density at radius 2 is 1.74 bits per heavy atom. The number of benzene rings is 2. The molecular formula is C24H32N3O4+. The number of anilines is 1. The van der Waals surface area contributed by atoms with Gasteiger partial charge in [-0.05, 0) is 47.9 Å². The van der Waals surface area contributed by atoms with Crippen molar-refractivity contribution in [2.45, 2.75) is 19.9 Å². The van der Waals surface area contributed by atoms with Crippen LogP contribution in [0.1, 0.15) is 25.5 Å². The number of carbonyl (C=O) groups excluding carboxylic acids is 1. The third kappa shape index (κ3) is 5.22. The van der Waals surface area contributed by atoms with Crippen LogP contribution in [-0.4, -0.2) is 57.0 Å². The molecule has 3 N–H and O–H groups in total. The molecule has 2 aliphatic heterocycles. The van der Waals surface area contributed by atoms with E-state index in [1.54, 1.807) is 12.1 Å². The van der Waals surface area contributed by atoms with Crippen molar-refractivity contribution in [3.8, 4) is 17.2 Å². The van der Waals surface area contributed by atoms with Gasteiger partial charge in [-0.15, -0.1) is 0 Å². The van der Waals surface area contributed by atoms with Crippen molar-refractivity contribution in [2.75, 3.05) is 50.8 Å². The van der Waals surface area contributed by atoms with Gasteiger partial charge in [0.15, 0.2) is 18.0 Å². The van der Waals surface area contributed by atoms with E-state index in [0.717, 1.165) is 48.9 Å². The molecule has 1 atom stereocenters. The lowest BCUT2D eigenvalue weighted by Gasteiger charge is -2.33. The monoisotopic (exact) mass is 426 g/mol. The van der Waals surface area contributed by atoms with E-state index in [-0.39, 0.29) is 23.6 Å². The number of nitrogens with one attached hydrogen (secondary N) is 2. The average Bonchev–Trinajstić information content (AvgIpc) is 2.78. The number of hydrogen-bond donors (Lipinski definition) is 3. The summed E-state index contributed by atoms with van der Waals surface area (Å²) in [5, 5.41) is 12.7. The molecule has 0 aromatic heterocycles. The molecular weight excluding hydrogens is 394 g/mol.